The number of hydrogen-bond acceptors (Lipinski definition) is 2. The van der Waals surface area contributed by atoms with E-state index in [4.69, 9.17) is 0 Å². The van der Waals surface area contributed by atoms with Crippen LogP contribution in [-0.2, 0) is 0 Å². The van der Waals surface area contributed by atoms with Crippen LogP contribution >= 0.6 is 11.8 Å². The first-order valence-electron chi connectivity index (χ1n) is 7.07. The topological polar surface area (TPSA) is 3.24 Å². The molecule has 0 atom stereocenters. The van der Waals surface area contributed by atoms with Gasteiger partial charge in [0, 0.05) is 16.1 Å². The average Bonchev–Trinajstić information content (AvgIpc) is 3.00. The third-order valence-electron chi connectivity index (χ3n) is 3.78. The molecule has 0 saturated heterocycles. The van der Waals surface area contributed by atoms with Crippen LogP contribution in [0.4, 0.5) is 11.4 Å². The van der Waals surface area contributed by atoms with Gasteiger partial charge in [0.1, 0.15) is 0 Å². The van der Waals surface area contributed by atoms with E-state index in [9.17, 15) is 0 Å². The Morgan fingerprint density at radius 3 is 2.19 bits per heavy atom. The lowest BCUT2D eigenvalue weighted by molar-refractivity contribution is 1.18. The van der Waals surface area contributed by atoms with Gasteiger partial charge in [-0.15, -0.1) is 11.8 Å². The van der Waals surface area contributed by atoms with Crippen LogP contribution in [0.15, 0.2) is 83.8 Å². The van der Waals surface area contributed by atoms with Crippen LogP contribution in [0.2, 0.25) is 0 Å². The average molecular weight is 289 g/mol. The summed E-state index contributed by atoms with van der Waals surface area (Å²) >= 11 is 1.90. The van der Waals surface area contributed by atoms with Crippen molar-refractivity contribution >= 4 is 23.1 Å². The monoisotopic (exact) mass is 289 g/mol. The van der Waals surface area contributed by atoms with E-state index in [1.54, 1.807) is 0 Å². The second-order valence-corrected chi connectivity index (χ2v) is 6.04. The zero-order valence-corrected chi connectivity index (χ0v) is 12.4. The lowest BCUT2D eigenvalue weighted by Gasteiger charge is -2.22. The standard InChI is InChI=1S/C19H15NS/c1-2-8-15(9-3-1)16-10-4-5-11-17(16)20-14-21-19-13-7-6-12-18(19)20/h1-13H,14H2. The van der Waals surface area contributed by atoms with Gasteiger partial charge < -0.3 is 4.90 Å². The van der Waals surface area contributed by atoms with Gasteiger partial charge in [0.05, 0.1) is 11.6 Å². The fourth-order valence-corrected chi connectivity index (χ4v) is 3.82. The molecule has 2 heteroatoms. The van der Waals surface area contributed by atoms with Crippen LogP contribution in [0.5, 0.6) is 0 Å². The number of rotatable bonds is 2. The van der Waals surface area contributed by atoms with Gasteiger partial charge in [0.25, 0.3) is 0 Å². The molecule has 1 heterocycles. The van der Waals surface area contributed by atoms with Crippen molar-refractivity contribution in [1.29, 1.82) is 0 Å². The van der Waals surface area contributed by atoms with Gasteiger partial charge in [0.15, 0.2) is 0 Å². The molecule has 0 fully saturated rings. The molecular formula is C19H15NS. The molecule has 102 valence electrons. The number of benzene rings is 3. The Morgan fingerprint density at radius 2 is 1.33 bits per heavy atom. The van der Waals surface area contributed by atoms with Gasteiger partial charge in [-0.1, -0.05) is 60.7 Å². The molecule has 0 aromatic heterocycles. The second kappa shape index (κ2) is 5.30. The van der Waals surface area contributed by atoms with Crippen molar-refractivity contribution in [2.45, 2.75) is 4.90 Å². The summed E-state index contributed by atoms with van der Waals surface area (Å²) in [4.78, 5) is 3.77. The van der Waals surface area contributed by atoms with Gasteiger partial charge in [-0.2, -0.15) is 0 Å². The van der Waals surface area contributed by atoms with Crippen molar-refractivity contribution in [1.82, 2.24) is 0 Å². The molecule has 0 N–H and O–H groups in total. The summed E-state index contributed by atoms with van der Waals surface area (Å²) in [6.45, 7) is 0. The van der Waals surface area contributed by atoms with Gasteiger partial charge in [-0.3, -0.25) is 0 Å². The fraction of sp³-hybridized carbons (Fsp3) is 0.0526. The van der Waals surface area contributed by atoms with E-state index in [1.165, 1.54) is 27.4 Å². The van der Waals surface area contributed by atoms with Crippen LogP contribution in [0.25, 0.3) is 11.1 Å². The minimum Gasteiger partial charge on any atom is -0.330 e. The number of thioether (sulfide) groups is 1. The molecular weight excluding hydrogens is 274 g/mol. The molecule has 0 aliphatic carbocycles. The quantitative estimate of drug-likeness (QED) is 0.608. The molecule has 3 aromatic rings. The molecule has 3 aromatic carbocycles. The lowest BCUT2D eigenvalue weighted by atomic mass is 10.0. The third-order valence-corrected chi connectivity index (χ3v) is 4.83. The number of fused-ring (bicyclic) bond motifs is 1. The number of para-hydroxylation sites is 2. The smallest absolute Gasteiger partial charge is 0.0736 e. The molecule has 0 radical (unpaired) electrons. The predicted octanol–water partition coefficient (Wildman–Crippen LogP) is 5.55. The first-order valence-corrected chi connectivity index (χ1v) is 8.06. The Kier molecular flexibility index (Phi) is 3.17. The van der Waals surface area contributed by atoms with Gasteiger partial charge in [-0.05, 0) is 23.8 Å². The summed E-state index contributed by atoms with van der Waals surface area (Å²) in [6.07, 6.45) is 0. The summed E-state index contributed by atoms with van der Waals surface area (Å²) in [5.41, 5.74) is 5.14. The normalized spacial score (nSPS) is 13.2. The van der Waals surface area contributed by atoms with Crippen LogP contribution < -0.4 is 4.90 Å². The van der Waals surface area contributed by atoms with Crippen molar-refractivity contribution in [3.63, 3.8) is 0 Å². The summed E-state index contributed by atoms with van der Waals surface area (Å²) in [7, 11) is 0. The zero-order chi connectivity index (χ0) is 14.1. The highest BCUT2D eigenvalue weighted by Crippen LogP contribution is 2.45. The SMILES string of the molecule is c1ccc(-c2ccccc2N2CSc3ccccc32)cc1. The van der Waals surface area contributed by atoms with Gasteiger partial charge >= 0.3 is 0 Å². The molecule has 1 aliphatic heterocycles. The first-order chi connectivity index (χ1) is 10.4. The van der Waals surface area contributed by atoms with E-state index in [0.717, 1.165) is 5.88 Å². The molecule has 0 bridgehead atoms. The van der Waals surface area contributed by atoms with Crippen LogP contribution in [0, 0.1) is 0 Å². The van der Waals surface area contributed by atoms with Gasteiger partial charge in [0.2, 0.25) is 0 Å². The van der Waals surface area contributed by atoms with Crippen molar-refractivity contribution < 1.29 is 0 Å². The molecule has 0 saturated carbocycles. The van der Waals surface area contributed by atoms with Crippen molar-refractivity contribution in [2.24, 2.45) is 0 Å². The zero-order valence-electron chi connectivity index (χ0n) is 11.6. The number of anilines is 2. The Labute approximate surface area is 129 Å². The minimum atomic E-state index is 0.975. The first kappa shape index (κ1) is 12.5. The Morgan fingerprint density at radius 1 is 0.667 bits per heavy atom. The molecule has 1 nitrogen and oxygen atoms in total. The van der Waals surface area contributed by atoms with Crippen LogP contribution in [-0.4, -0.2) is 5.88 Å². The fourth-order valence-electron chi connectivity index (χ4n) is 2.78. The Bertz CT molecular complexity index is 767. The van der Waals surface area contributed by atoms with E-state index < -0.39 is 0 Å². The number of hydrogen-bond donors (Lipinski definition) is 0. The van der Waals surface area contributed by atoms with Crippen LogP contribution in [0.3, 0.4) is 0 Å². The molecule has 21 heavy (non-hydrogen) atoms. The Hall–Kier alpha value is -2.19. The minimum absolute atomic E-state index is 0.975. The van der Waals surface area contributed by atoms with Crippen molar-refractivity contribution in [3.05, 3.63) is 78.9 Å². The highest BCUT2D eigenvalue weighted by Gasteiger charge is 2.22. The highest BCUT2D eigenvalue weighted by molar-refractivity contribution is 7.99. The maximum Gasteiger partial charge on any atom is 0.0736 e. The molecule has 4 rings (SSSR count). The molecule has 0 unspecified atom stereocenters. The third kappa shape index (κ3) is 2.22. The maximum atomic E-state index is 2.41. The summed E-state index contributed by atoms with van der Waals surface area (Å²) < 4.78 is 0. The van der Waals surface area contributed by atoms with E-state index in [1.807, 2.05) is 11.8 Å². The Balaban J connectivity index is 1.84. The lowest BCUT2D eigenvalue weighted by Crippen LogP contribution is -2.12. The predicted molar refractivity (Wildman–Crippen MR) is 91.2 cm³/mol. The van der Waals surface area contributed by atoms with E-state index >= 15 is 0 Å². The summed E-state index contributed by atoms with van der Waals surface area (Å²) in [6, 6.07) is 27.9. The second-order valence-electron chi connectivity index (χ2n) is 5.05. The van der Waals surface area contributed by atoms with Crippen LogP contribution in [0.1, 0.15) is 0 Å². The van der Waals surface area contributed by atoms with E-state index in [0.29, 0.717) is 0 Å². The molecule has 0 spiro atoms. The summed E-state index contributed by atoms with van der Waals surface area (Å²) in [5, 5.41) is 0. The van der Waals surface area contributed by atoms with E-state index in [2.05, 4.69) is 83.8 Å². The summed E-state index contributed by atoms with van der Waals surface area (Å²) in [5.74, 6) is 0.975. The number of nitrogens with zero attached hydrogens (tertiary/aromatic N) is 1. The molecule has 0 amide bonds. The highest BCUT2D eigenvalue weighted by atomic mass is 32.2. The molecule has 1 aliphatic rings. The maximum absolute atomic E-state index is 2.41. The van der Waals surface area contributed by atoms with Crippen molar-refractivity contribution in [2.75, 3.05) is 10.8 Å². The largest absolute Gasteiger partial charge is 0.330 e. The van der Waals surface area contributed by atoms with E-state index in [-0.39, 0.29) is 0 Å². The van der Waals surface area contributed by atoms with Crippen molar-refractivity contribution in [3.8, 4) is 11.1 Å². The van der Waals surface area contributed by atoms with Gasteiger partial charge in [-0.25, -0.2) is 0 Å².